The van der Waals surface area contributed by atoms with Gasteiger partial charge in [-0.3, -0.25) is 15.1 Å². The van der Waals surface area contributed by atoms with Crippen LogP contribution in [-0.2, 0) is 18.9 Å². The van der Waals surface area contributed by atoms with Gasteiger partial charge < -0.3 is 37.9 Å². The third-order valence-electron chi connectivity index (χ3n) is 7.62. The molecule has 0 bridgehead atoms. The number of nitro benzene ring substituents is 1. The number of phenolic OH excluding ortho intramolecular Hbond substituents is 1. The average molecular weight is 669 g/mol. The zero-order valence-corrected chi connectivity index (χ0v) is 26.7. The summed E-state index contributed by atoms with van der Waals surface area (Å²) >= 11 is 0. The van der Waals surface area contributed by atoms with Gasteiger partial charge in [0.2, 0.25) is 5.75 Å². The highest BCUT2D eigenvalue weighted by Gasteiger charge is 2.27. The molecule has 0 unspecified atom stereocenters. The van der Waals surface area contributed by atoms with Crippen LogP contribution in [0.5, 0.6) is 17.2 Å². The zero-order chi connectivity index (χ0) is 33.8. The molecule has 1 aliphatic rings. The van der Waals surface area contributed by atoms with Crippen molar-refractivity contribution in [2.45, 2.75) is 0 Å². The average Bonchev–Trinajstić information content (AvgIpc) is 3.51. The number of rotatable bonds is 5. The summed E-state index contributed by atoms with van der Waals surface area (Å²) in [4.78, 5) is 16.0. The highest BCUT2D eigenvalue weighted by Crippen LogP contribution is 2.46. The SMILES string of the molecule is O=[N+]([O-])c1cc2oc(-c3ccccc3)c(-c3ccccc3)c2c(C=Nc2ccc3c(c2)OCCOCCOCCOCCOCCO3)c1O. The first-order valence-electron chi connectivity index (χ1n) is 15.9. The van der Waals surface area contributed by atoms with Gasteiger partial charge in [-0.05, 0) is 17.7 Å². The molecule has 0 spiro atoms. The monoisotopic (exact) mass is 668 g/mol. The van der Waals surface area contributed by atoms with Crippen molar-refractivity contribution in [2.24, 2.45) is 4.99 Å². The van der Waals surface area contributed by atoms with Crippen LogP contribution in [0.3, 0.4) is 0 Å². The van der Waals surface area contributed by atoms with Crippen molar-refractivity contribution in [1.82, 2.24) is 0 Å². The number of ether oxygens (including phenoxy) is 6. The van der Waals surface area contributed by atoms with Gasteiger partial charge in [0.05, 0.1) is 75.1 Å². The summed E-state index contributed by atoms with van der Waals surface area (Å²) in [7, 11) is 0. The molecule has 1 N–H and O–H groups in total. The minimum absolute atomic E-state index is 0.140. The van der Waals surface area contributed by atoms with Crippen LogP contribution in [0.25, 0.3) is 33.4 Å². The van der Waals surface area contributed by atoms with Crippen molar-refractivity contribution in [3.63, 3.8) is 0 Å². The summed E-state index contributed by atoms with van der Waals surface area (Å²) in [6.07, 6.45) is 1.41. The minimum atomic E-state index is -0.645. The minimum Gasteiger partial charge on any atom is -0.502 e. The van der Waals surface area contributed by atoms with Crippen molar-refractivity contribution in [3.05, 3.63) is 101 Å². The van der Waals surface area contributed by atoms with Gasteiger partial charge in [0.15, 0.2) is 11.5 Å². The van der Waals surface area contributed by atoms with Crippen molar-refractivity contribution >= 4 is 28.6 Å². The fraction of sp³-hybridized carbons (Fsp3) is 0.270. The van der Waals surface area contributed by atoms with Crippen LogP contribution in [0.4, 0.5) is 11.4 Å². The van der Waals surface area contributed by atoms with Gasteiger partial charge in [0.25, 0.3) is 0 Å². The summed E-state index contributed by atoms with van der Waals surface area (Å²) in [6, 6.07) is 25.4. The molecule has 0 saturated heterocycles. The van der Waals surface area contributed by atoms with Crippen LogP contribution >= 0.6 is 0 Å². The second kappa shape index (κ2) is 16.7. The van der Waals surface area contributed by atoms with Gasteiger partial charge in [-0.15, -0.1) is 0 Å². The highest BCUT2D eigenvalue weighted by atomic mass is 16.6. The molecule has 1 aromatic heterocycles. The smallest absolute Gasteiger partial charge is 0.315 e. The maximum Gasteiger partial charge on any atom is 0.315 e. The lowest BCUT2D eigenvalue weighted by Crippen LogP contribution is -2.15. The van der Waals surface area contributed by atoms with Gasteiger partial charge in [-0.2, -0.15) is 0 Å². The predicted octanol–water partition coefficient (Wildman–Crippen LogP) is 6.97. The Hall–Kier alpha value is -5.27. The van der Waals surface area contributed by atoms with Crippen LogP contribution in [-0.4, -0.2) is 82.3 Å². The molecule has 0 radical (unpaired) electrons. The van der Waals surface area contributed by atoms with Crippen molar-refractivity contribution in [2.75, 3.05) is 66.1 Å². The van der Waals surface area contributed by atoms with Gasteiger partial charge in [0, 0.05) is 28.8 Å². The Balaban J connectivity index is 1.37. The van der Waals surface area contributed by atoms with Crippen LogP contribution < -0.4 is 9.47 Å². The molecule has 6 rings (SSSR count). The van der Waals surface area contributed by atoms with E-state index in [1.807, 2.05) is 60.7 Å². The number of fused-ring (bicyclic) bond motifs is 2. The molecule has 5 aromatic rings. The third-order valence-corrected chi connectivity index (χ3v) is 7.62. The highest BCUT2D eigenvalue weighted by molar-refractivity contribution is 6.13. The quantitative estimate of drug-likeness (QED) is 0.118. The number of hydrogen-bond acceptors (Lipinski definition) is 11. The van der Waals surface area contributed by atoms with Crippen LogP contribution in [0, 0.1) is 10.1 Å². The maximum absolute atomic E-state index is 12.0. The Labute approximate surface area is 282 Å². The first kappa shape index (κ1) is 33.6. The number of nitrogens with zero attached hydrogens (tertiary/aromatic N) is 2. The van der Waals surface area contributed by atoms with E-state index in [0.717, 1.165) is 11.1 Å². The van der Waals surface area contributed by atoms with Crippen LogP contribution in [0.15, 0.2) is 94.3 Å². The molecule has 4 aromatic carbocycles. The van der Waals surface area contributed by atoms with E-state index in [1.165, 1.54) is 12.3 Å². The Kier molecular flexibility index (Phi) is 11.5. The van der Waals surface area contributed by atoms with E-state index < -0.39 is 16.4 Å². The fourth-order valence-corrected chi connectivity index (χ4v) is 5.34. The lowest BCUT2D eigenvalue weighted by molar-refractivity contribution is -0.385. The lowest BCUT2D eigenvalue weighted by Gasteiger charge is -2.14. The summed E-state index contributed by atoms with van der Waals surface area (Å²) in [6.45, 7) is 3.88. The van der Waals surface area contributed by atoms with Gasteiger partial charge >= 0.3 is 5.69 Å². The van der Waals surface area contributed by atoms with Crippen LogP contribution in [0.2, 0.25) is 0 Å². The third kappa shape index (κ3) is 8.42. The molecule has 2 heterocycles. The number of hydrogen-bond donors (Lipinski definition) is 1. The molecule has 0 amide bonds. The number of nitro groups is 1. The zero-order valence-electron chi connectivity index (χ0n) is 26.7. The first-order chi connectivity index (χ1) is 24.1. The molecule has 49 heavy (non-hydrogen) atoms. The van der Waals surface area contributed by atoms with E-state index in [0.29, 0.717) is 86.8 Å². The fourth-order valence-electron chi connectivity index (χ4n) is 5.34. The molecular formula is C37H36N2O10. The molecule has 254 valence electrons. The Bertz CT molecular complexity index is 1880. The predicted molar refractivity (Wildman–Crippen MR) is 183 cm³/mol. The number of phenols is 1. The van der Waals surface area contributed by atoms with Crippen LogP contribution in [0.1, 0.15) is 5.56 Å². The van der Waals surface area contributed by atoms with E-state index in [2.05, 4.69) is 4.99 Å². The standard InChI is InChI=1S/C37H36N2O10/c40-36-29(25-38-28-11-12-31-32(23-28)48-22-20-46-18-16-44-14-13-43-15-17-45-19-21-47-31)35-33(24-30(36)39(41)42)49-37(27-9-5-2-6-10-27)34(35)26-7-3-1-4-8-26/h1-12,23-25,40H,13-22H2. The van der Waals surface area contributed by atoms with Gasteiger partial charge in [-0.1, -0.05) is 60.7 Å². The molecule has 0 saturated carbocycles. The number of aromatic hydroxyl groups is 1. The van der Waals surface area contributed by atoms with E-state index in [1.54, 1.807) is 18.2 Å². The van der Waals surface area contributed by atoms with E-state index >= 15 is 0 Å². The molecule has 12 heteroatoms. The molecule has 0 atom stereocenters. The van der Waals surface area contributed by atoms with E-state index in [9.17, 15) is 15.2 Å². The lowest BCUT2D eigenvalue weighted by atomic mass is 9.95. The van der Waals surface area contributed by atoms with Gasteiger partial charge in [0.1, 0.15) is 24.6 Å². The first-order valence-corrected chi connectivity index (χ1v) is 15.9. The Morgan fingerprint density at radius 2 is 1.22 bits per heavy atom. The molecule has 1 aliphatic heterocycles. The van der Waals surface area contributed by atoms with Crippen molar-refractivity contribution in [1.29, 1.82) is 0 Å². The molecular weight excluding hydrogens is 632 g/mol. The number of benzene rings is 4. The largest absolute Gasteiger partial charge is 0.502 e. The van der Waals surface area contributed by atoms with Gasteiger partial charge in [-0.25, -0.2) is 0 Å². The Morgan fingerprint density at radius 3 is 1.82 bits per heavy atom. The molecule has 12 nitrogen and oxygen atoms in total. The topological polar surface area (TPSA) is 144 Å². The summed E-state index contributed by atoms with van der Waals surface area (Å²) in [5, 5.41) is 23.8. The maximum atomic E-state index is 12.0. The van der Waals surface area contributed by atoms with E-state index in [4.69, 9.17) is 32.8 Å². The number of furan rings is 1. The normalized spacial score (nSPS) is 15.5. The molecule has 0 aliphatic carbocycles. The second-order valence-corrected chi connectivity index (χ2v) is 10.9. The summed E-state index contributed by atoms with van der Waals surface area (Å²) < 4.78 is 40.5. The Morgan fingerprint density at radius 1 is 0.673 bits per heavy atom. The van der Waals surface area contributed by atoms with Crippen molar-refractivity contribution in [3.8, 4) is 39.7 Å². The van der Waals surface area contributed by atoms with E-state index in [-0.39, 0.29) is 24.4 Å². The summed E-state index contributed by atoms with van der Waals surface area (Å²) in [5.41, 5.74) is 2.59. The number of aliphatic imine (C=N–C) groups is 1. The summed E-state index contributed by atoms with van der Waals surface area (Å²) in [5.74, 6) is 0.891. The molecule has 0 fully saturated rings. The second-order valence-electron chi connectivity index (χ2n) is 10.9. The van der Waals surface area contributed by atoms with Crippen molar-refractivity contribution < 1.29 is 42.9 Å².